The molecule has 0 spiro atoms. The van der Waals surface area contributed by atoms with Crippen molar-refractivity contribution in [3.63, 3.8) is 0 Å². The highest BCUT2D eigenvalue weighted by Gasteiger charge is 2.25. The van der Waals surface area contributed by atoms with E-state index >= 15 is 0 Å². The molecule has 5 nitrogen and oxygen atoms in total. The Morgan fingerprint density at radius 2 is 1.67 bits per heavy atom. The average Bonchev–Trinajstić information content (AvgIpc) is 2.98. The van der Waals surface area contributed by atoms with Crippen molar-refractivity contribution in [2.45, 2.75) is 18.1 Å². The Morgan fingerprint density at radius 1 is 0.970 bits per heavy atom. The van der Waals surface area contributed by atoms with Gasteiger partial charge in [-0.2, -0.15) is 0 Å². The van der Waals surface area contributed by atoms with Crippen molar-refractivity contribution in [2.24, 2.45) is 0 Å². The number of fused-ring (bicyclic) bond motifs is 2. The molecule has 0 aliphatic heterocycles. The number of aryl methyl sites for hydroxylation is 2. The number of carboxylic acids is 1. The third-order valence-electron chi connectivity index (χ3n) is 5.61. The van der Waals surface area contributed by atoms with E-state index in [2.05, 4.69) is 16.9 Å². The van der Waals surface area contributed by atoms with Gasteiger partial charge in [0.2, 0.25) is 10.0 Å². The molecule has 1 aliphatic rings. The van der Waals surface area contributed by atoms with Crippen molar-refractivity contribution in [1.29, 1.82) is 0 Å². The minimum atomic E-state index is -3.55. The van der Waals surface area contributed by atoms with Crippen LogP contribution in [0.4, 0.5) is 0 Å². The normalized spacial score (nSPS) is 15.6. The number of carbonyl (C=O) groups is 1. The Morgan fingerprint density at radius 3 is 2.42 bits per heavy atom. The highest BCUT2D eigenvalue weighted by Crippen LogP contribution is 2.42. The zero-order chi connectivity index (χ0) is 23.3. The Kier molecular flexibility index (Phi) is 7.33. The molecular formula is C26H25NO4S2. The molecule has 0 saturated heterocycles. The molecule has 0 aromatic heterocycles. The second kappa shape index (κ2) is 10.4. The summed E-state index contributed by atoms with van der Waals surface area (Å²) in [5, 5.41) is 10.6. The average molecular weight is 480 g/mol. The number of rotatable bonds is 8. The molecule has 0 saturated carbocycles. The highest BCUT2D eigenvalue weighted by atomic mass is 32.2. The van der Waals surface area contributed by atoms with Gasteiger partial charge < -0.3 is 5.11 Å². The third kappa shape index (κ3) is 5.93. The van der Waals surface area contributed by atoms with E-state index in [0.29, 0.717) is 5.75 Å². The van der Waals surface area contributed by atoms with Gasteiger partial charge in [0, 0.05) is 17.7 Å². The van der Waals surface area contributed by atoms with Crippen LogP contribution in [0.3, 0.4) is 0 Å². The van der Waals surface area contributed by atoms with Crippen LogP contribution < -0.4 is 4.72 Å². The van der Waals surface area contributed by atoms with Gasteiger partial charge in [-0.3, -0.25) is 0 Å². The van der Waals surface area contributed by atoms with Gasteiger partial charge in [-0.1, -0.05) is 60.7 Å². The summed E-state index contributed by atoms with van der Waals surface area (Å²) in [6.45, 7) is 0.277. The number of sulfonamides is 1. The van der Waals surface area contributed by atoms with Crippen LogP contribution in [0.15, 0.2) is 78.2 Å². The van der Waals surface area contributed by atoms with Crippen LogP contribution in [0.1, 0.15) is 43.4 Å². The fourth-order valence-corrected chi connectivity index (χ4v) is 6.19. The second-order valence-electron chi connectivity index (χ2n) is 7.82. The summed E-state index contributed by atoms with van der Waals surface area (Å²) in [5.74, 6) is -0.397. The number of aromatic carboxylic acids is 1. The highest BCUT2D eigenvalue weighted by molar-refractivity contribution is 7.99. The predicted molar refractivity (Wildman–Crippen MR) is 134 cm³/mol. The molecule has 1 unspecified atom stereocenters. The maximum atomic E-state index is 12.4. The van der Waals surface area contributed by atoms with E-state index in [1.807, 2.05) is 48.5 Å². The number of hydrogen-bond donors (Lipinski definition) is 2. The maximum absolute atomic E-state index is 12.4. The van der Waals surface area contributed by atoms with Crippen LogP contribution in [-0.2, 0) is 22.9 Å². The van der Waals surface area contributed by atoms with Crippen LogP contribution in [-0.4, -0.2) is 31.8 Å². The minimum absolute atomic E-state index is 0.0534. The molecule has 170 valence electrons. The molecule has 4 rings (SSSR count). The molecule has 33 heavy (non-hydrogen) atoms. The first-order valence-corrected chi connectivity index (χ1v) is 13.3. The lowest BCUT2D eigenvalue weighted by Gasteiger charge is -2.20. The Balaban J connectivity index is 1.49. The van der Waals surface area contributed by atoms with Crippen molar-refractivity contribution >= 4 is 33.8 Å². The topological polar surface area (TPSA) is 83.5 Å². The van der Waals surface area contributed by atoms with E-state index in [0.717, 1.165) is 35.1 Å². The maximum Gasteiger partial charge on any atom is 0.335 e. The predicted octanol–water partition coefficient (Wildman–Crippen LogP) is 4.90. The molecule has 0 heterocycles. The van der Waals surface area contributed by atoms with Crippen LogP contribution >= 0.6 is 11.8 Å². The molecular weight excluding hydrogens is 454 g/mol. The summed E-state index contributed by atoms with van der Waals surface area (Å²) in [5.41, 5.74) is 5.63. The lowest BCUT2D eigenvalue weighted by molar-refractivity contribution is 0.0696. The first-order valence-electron chi connectivity index (χ1n) is 10.7. The number of carboxylic acid groups (broad SMARTS) is 1. The summed E-state index contributed by atoms with van der Waals surface area (Å²) < 4.78 is 27.3. The number of hydrogen-bond acceptors (Lipinski definition) is 4. The van der Waals surface area contributed by atoms with Gasteiger partial charge >= 0.3 is 5.97 Å². The third-order valence-corrected chi connectivity index (χ3v) is 7.99. The van der Waals surface area contributed by atoms with Crippen molar-refractivity contribution in [1.82, 2.24) is 4.72 Å². The van der Waals surface area contributed by atoms with Crippen molar-refractivity contribution in [3.05, 3.63) is 112 Å². The number of benzene rings is 3. The molecule has 2 N–H and O–H groups in total. The summed E-state index contributed by atoms with van der Waals surface area (Å²) in [7, 11) is -3.55. The first-order chi connectivity index (χ1) is 15.9. The molecule has 1 atom stereocenters. The van der Waals surface area contributed by atoms with Gasteiger partial charge in [0.15, 0.2) is 0 Å². The number of thioether (sulfide) groups is 1. The van der Waals surface area contributed by atoms with Gasteiger partial charge in [-0.05, 0) is 58.9 Å². The van der Waals surface area contributed by atoms with Gasteiger partial charge in [0.25, 0.3) is 0 Å². The quantitative estimate of drug-likeness (QED) is 0.449. The van der Waals surface area contributed by atoms with Crippen molar-refractivity contribution in [2.75, 3.05) is 12.3 Å². The molecule has 1 aliphatic carbocycles. The molecule has 7 heteroatoms. The fourth-order valence-electron chi connectivity index (χ4n) is 3.97. The minimum Gasteiger partial charge on any atom is -0.478 e. The van der Waals surface area contributed by atoms with Crippen LogP contribution in [0.5, 0.6) is 0 Å². The van der Waals surface area contributed by atoms with Gasteiger partial charge in [0.05, 0.1) is 10.8 Å². The zero-order valence-corrected chi connectivity index (χ0v) is 19.6. The van der Waals surface area contributed by atoms with E-state index in [1.54, 1.807) is 30.0 Å². The van der Waals surface area contributed by atoms with E-state index in [-0.39, 0.29) is 17.4 Å². The molecule has 3 aromatic carbocycles. The summed E-state index contributed by atoms with van der Waals surface area (Å²) in [6.07, 6.45) is 3.31. The largest absolute Gasteiger partial charge is 0.478 e. The van der Waals surface area contributed by atoms with E-state index in [1.165, 1.54) is 11.0 Å². The van der Waals surface area contributed by atoms with E-state index in [4.69, 9.17) is 0 Å². The number of nitrogens with one attached hydrogen (secondary N) is 1. The molecule has 0 bridgehead atoms. The molecule has 3 aromatic rings. The van der Waals surface area contributed by atoms with Crippen LogP contribution in [0, 0.1) is 0 Å². The van der Waals surface area contributed by atoms with Gasteiger partial charge in [-0.15, -0.1) is 11.8 Å². The van der Waals surface area contributed by atoms with Gasteiger partial charge in [0.1, 0.15) is 0 Å². The second-order valence-corrected chi connectivity index (χ2v) is 10.7. The van der Waals surface area contributed by atoms with Crippen LogP contribution in [0.2, 0.25) is 0 Å². The van der Waals surface area contributed by atoms with Crippen molar-refractivity contribution < 1.29 is 18.3 Å². The molecule has 0 fully saturated rings. The summed E-state index contributed by atoms with van der Waals surface area (Å²) >= 11 is 1.63. The smallest absolute Gasteiger partial charge is 0.335 e. The monoisotopic (exact) mass is 479 g/mol. The fraction of sp³-hybridized carbons (Fsp3) is 0.192. The lowest BCUT2D eigenvalue weighted by Crippen LogP contribution is -2.24. The Labute approximate surface area is 198 Å². The Hall–Kier alpha value is -2.87. The molecule has 0 radical (unpaired) electrons. The lowest BCUT2D eigenvalue weighted by atomic mass is 9.98. The summed E-state index contributed by atoms with van der Waals surface area (Å²) in [6, 6.07) is 22.8. The van der Waals surface area contributed by atoms with Crippen LogP contribution in [0.25, 0.3) is 6.08 Å². The Bertz CT molecular complexity index is 1270. The van der Waals surface area contributed by atoms with E-state index < -0.39 is 16.0 Å². The van der Waals surface area contributed by atoms with Gasteiger partial charge in [-0.25, -0.2) is 17.9 Å². The van der Waals surface area contributed by atoms with E-state index in [9.17, 15) is 18.3 Å². The molecule has 0 amide bonds. The SMILES string of the molecule is O=C(O)c1ccc2c(c1)C(SCCNS(=O)(=O)C=Cc1ccccc1)c1ccccc1CC2. The van der Waals surface area contributed by atoms with Crippen molar-refractivity contribution in [3.8, 4) is 0 Å². The first kappa shape index (κ1) is 23.3. The zero-order valence-electron chi connectivity index (χ0n) is 18.0. The standard InChI is InChI=1S/C26H25NO4S2/c28-26(29)22-13-12-21-11-10-20-8-4-5-9-23(20)25(24(21)18-22)32-16-15-27-33(30,31)17-14-19-6-2-1-3-7-19/h1-9,12-14,17-18,25,27H,10-11,15-16H2,(H,28,29). The summed E-state index contributed by atoms with van der Waals surface area (Å²) in [4.78, 5) is 11.6.